The van der Waals surface area contributed by atoms with Gasteiger partial charge in [0.15, 0.2) is 0 Å². The number of nitrogens with two attached hydrogens (primary N) is 3. The Kier molecular flexibility index (Phi) is 19.2. The molecule has 0 unspecified atom stereocenters. The average molecular weight is 748 g/mol. The van der Waals surface area contributed by atoms with Crippen LogP contribution in [0.15, 0.2) is 24.3 Å². The van der Waals surface area contributed by atoms with Crippen molar-refractivity contribution in [2.75, 3.05) is 19.6 Å². The summed E-state index contributed by atoms with van der Waals surface area (Å²) in [6.07, 6.45) is 1.74. The minimum absolute atomic E-state index is 0.0297. The first-order chi connectivity index (χ1) is 25.1. The maximum atomic E-state index is 13.9. The Balaban J connectivity index is 2.46. The van der Waals surface area contributed by atoms with Gasteiger partial charge in [-0.2, -0.15) is 0 Å². The van der Waals surface area contributed by atoms with E-state index in [9.17, 15) is 43.8 Å². The molecule has 2 rings (SSSR count). The van der Waals surface area contributed by atoms with Crippen LogP contribution in [-0.2, 0) is 40.0 Å². The molecule has 6 amide bonds. The van der Waals surface area contributed by atoms with Gasteiger partial charge in [-0.15, -0.1) is 0 Å². The second-order valence-electron chi connectivity index (χ2n) is 13.7. The smallest absolute Gasteiger partial charge is 0.326 e. The normalized spacial score (nSPS) is 21.5. The molecule has 1 saturated heterocycles. The lowest BCUT2D eigenvalue weighted by Gasteiger charge is -2.27. The van der Waals surface area contributed by atoms with E-state index in [1.807, 2.05) is 0 Å². The number of aromatic hydroxyl groups is 1. The number of aliphatic carboxylic acids is 1. The van der Waals surface area contributed by atoms with Crippen LogP contribution in [0.25, 0.3) is 0 Å². The molecule has 14 N–H and O–H groups in total. The number of unbranched alkanes of at least 4 members (excludes halogenated alkanes) is 2. The van der Waals surface area contributed by atoms with Gasteiger partial charge in [0, 0.05) is 13.0 Å². The number of carbonyl (C=O) groups excluding carboxylic acids is 6. The molecule has 6 atom stereocenters. The van der Waals surface area contributed by atoms with E-state index in [0.29, 0.717) is 44.3 Å². The summed E-state index contributed by atoms with van der Waals surface area (Å²) in [6, 6.07) is -1.62. The van der Waals surface area contributed by atoms with Crippen LogP contribution in [0.1, 0.15) is 77.2 Å². The summed E-state index contributed by atoms with van der Waals surface area (Å²) in [7, 11) is 0. The summed E-state index contributed by atoms with van der Waals surface area (Å²) in [5.74, 6) is -5.75. The monoisotopic (exact) mass is 747 g/mol. The molecule has 296 valence electrons. The Labute approximate surface area is 309 Å². The lowest BCUT2D eigenvalue weighted by Crippen LogP contribution is -2.59. The number of nitrogens with one attached hydrogen (secondary N) is 6. The van der Waals surface area contributed by atoms with E-state index in [0.717, 1.165) is 0 Å². The molecule has 1 aromatic carbocycles. The zero-order valence-corrected chi connectivity index (χ0v) is 30.5. The van der Waals surface area contributed by atoms with Crippen LogP contribution in [-0.4, -0.2) is 108 Å². The number of carboxylic acids is 1. The van der Waals surface area contributed by atoms with Crippen LogP contribution in [0.4, 0.5) is 0 Å². The number of amides is 6. The molecule has 1 aromatic rings. The number of benzene rings is 1. The topological polar surface area (TPSA) is 310 Å². The minimum Gasteiger partial charge on any atom is -0.508 e. The number of rotatable bonds is 17. The van der Waals surface area contributed by atoms with Crippen LogP contribution < -0.4 is 49.1 Å². The number of hydrogen-bond donors (Lipinski definition) is 11. The summed E-state index contributed by atoms with van der Waals surface area (Å²) < 4.78 is 0. The van der Waals surface area contributed by atoms with E-state index in [-0.39, 0.29) is 50.3 Å². The second kappa shape index (κ2) is 23.0. The molecule has 53 heavy (non-hydrogen) atoms. The van der Waals surface area contributed by atoms with Gasteiger partial charge in [0.05, 0.1) is 12.5 Å². The van der Waals surface area contributed by atoms with Crippen molar-refractivity contribution < 1.29 is 43.8 Å². The first-order valence-corrected chi connectivity index (χ1v) is 18.1. The van der Waals surface area contributed by atoms with Crippen LogP contribution in [0, 0.1) is 5.92 Å². The first-order valence-electron chi connectivity index (χ1n) is 18.1. The Morgan fingerprint density at radius 1 is 0.830 bits per heavy atom. The van der Waals surface area contributed by atoms with E-state index in [1.54, 1.807) is 13.8 Å². The molecular weight excluding hydrogens is 690 g/mol. The number of carbonyl (C=O) groups is 7. The van der Waals surface area contributed by atoms with Crippen molar-refractivity contribution in [3.63, 3.8) is 0 Å². The highest BCUT2D eigenvalue weighted by Crippen LogP contribution is 2.13. The maximum Gasteiger partial charge on any atom is 0.326 e. The highest BCUT2D eigenvalue weighted by molar-refractivity contribution is 5.97. The van der Waals surface area contributed by atoms with Gasteiger partial charge in [-0.3, -0.25) is 28.8 Å². The fourth-order valence-electron chi connectivity index (χ4n) is 5.65. The van der Waals surface area contributed by atoms with Crippen LogP contribution in [0.5, 0.6) is 5.75 Å². The molecule has 0 aliphatic carbocycles. The van der Waals surface area contributed by atoms with E-state index >= 15 is 0 Å². The van der Waals surface area contributed by atoms with Gasteiger partial charge in [-0.05, 0) is 88.1 Å². The van der Waals surface area contributed by atoms with Crippen molar-refractivity contribution in [2.45, 2.75) is 114 Å². The fourth-order valence-corrected chi connectivity index (χ4v) is 5.65. The SMILES string of the molecule is CC(C)C[C@H](NC(=O)[C@H](Cc1ccc(O)cc1)NC(=O)[C@@H]1CCNC(=O)C[C@H](N)C(=O)N[C@@H](CCCCN)C(=O)N[C@@H](CCCCN)C(=O)N1)C(=O)O. The maximum absolute atomic E-state index is 13.9. The molecule has 0 saturated carbocycles. The molecule has 0 aromatic heterocycles. The third kappa shape index (κ3) is 16.2. The van der Waals surface area contributed by atoms with Gasteiger partial charge >= 0.3 is 5.97 Å². The highest BCUT2D eigenvalue weighted by Gasteiger charge is 2.33. The predicted octanol–water partition coefficient (Wildman–Crippen LogP) is -2.02. The van der Waals surface area contributed by atoms with E-state index in [1.165, 1.54) is 24.3 Å². The largest absolute Gasteiger partial charge is 0.508 e. The zero-order valence-electron chi connectivity index (χ0n) is 30.5. The molecule has 1 fully saturated rings. The van der Waals surface area contributed by atoms with E-state index < -0.39 is 84.1 Å². The molecule has 18 nitrogen and oxygen atoms in total. The summed E-state index contributed by atoms with van der Waals surface area (Å²) >= 11 is 0. The van der Waals surface area contributed by atoms with Gasteiger partial charge in [-0.1, -0.05) is 26.0 Å². The highest BCUT2D eigenvalue weighted by atomic mass is 16.4. The minimum atomic E-state index is -1.35. The van der Waals surface area contributed by atoms with Crippen molar-refractivity contribution >= 4 is 41.4 Å². The van der Waals surface area contributed by atoms with Crippen LogP contribution in [0.3, 0.4) is 0 Å². The number of phenolic OH excluding ortho intramolecular Hbond substituents is 1. The third-order valence-corrected chi connectivity index (χ3v) is 8.62. The van der Waals surface area contributed by atoms with Gasteiger partial charge in [0.2, 0.25) is 35.4 Å². The Morgan fingerprint density at radius 3 is 1.94 bits per heavy atom. The molecule has 18 heteroatoms. The van der Waals surface area contributed by atoms with Crippen molar-refractivity contribution in [2.24, 2.45) is 23.1 Å². The lowest BCUT2D eigenvalue weighted by molar-refractivity contribution is -0.142. The molecule has 1 heterocycles. The summed E-state index contributed by atoms with van der Waals surface area (Å²) in [5.41, 5.74) is 17.8. The van der Waals surface area contributed by atoms with Crippen LogP contribution >= 0.6 is 0 Å². The second-order valence-corrected chi connectivity index (χ2v) is 13.7. The molecule has 0 spiro atoms. The Hall–Kier alpha value is -4.81. The molecule has 0 radical (unpaired) electrons. The van der Waals surface area contributed by atoms with Crippen molar-refractivity contribution in [3.8, 4) is 5.75 Å². The van der Waals surface area contributed by atoms with Gasteiger partial charge < -0.3 is 59.3 Å². The number of carboxylic acid groups (broad SMARTS) is 1. The number of phenols is 1. The van der Waals surface area contributed by atoms with Gasteiger partial charge in [0.25, 0.3) is 0 Å². The third-order valence-electron chi connectivity index (χ3n) is 8.62. The summed E-state index contributed by atoms with van der Waals surface area (Å²) in [5, 5.41) is 35.1. The van der Waals surface area contributed by atoms with Gasteiger partial charge in [0.1, 0.15) is 36.0 Å². The molecule has 1 aliphatic rings. The van der Waals surface area contributed by atoms with Crippen molar-refractivity contribution in [1.82, 2.24) is 31.9 Å². The Morgan fingerprint density at radius 2 is 1.40 bits per heavy atom. The average Bonchev–Trinajstić information content (AvgIpc) is 3.09. The van der Waals surface area contributed by atoms with E-state index in [2.05, 4.69) is 31.9 Å². The van der Waals surface area contributed by atoms with Crippen molar-refractivity contribution in [1.29, 1.82) is 0 Å². The predicted molar refractivity (Wildman–Crippen MR) is 195 cm³/mol. The lowest BCUT2D eigenvalue weighted by atomic mass is 10.0. The molecule has 0 bridgehead atoms. The fraction of sp³-hybridized carbons (Fsp3) is 0.629. The molecule has 1 aliphatic heterocycles. The van der Waals surface area contributed by atoms with Crippen LogP contribution in [0.2, 0.25) is 0 Å². The van der Waals surface area contributed by atoms with E-state index in [4.69, 9.17) is 17.2 Å². The summed E-state index contributed by atoms with van der Waals surface area (Å²) in [4.78, 5) is 92.4. The van der Waals surface area contributed by atoms with Gasteiger partial charge in [-0.25, -0.2) is 4.79 Å². The Bertz CT molecular complexity index is 1390. The number of hydrogen-bond acceptors (Lipinski definition) is 11. The quantitative estimate of drug-likeness (QED) is 0.0770. The zero-order chi connectivity index (χ0) is 39.5. The first kappa shape index (κ1) is 44.4. The summed E-state index contributed by atoms with van der Waals surface area (Å²) in [6.45, 7) is 4.12. The standard InChI is InChI=1S/C35H57N9O9/c1-20(2)17-28(35(52)53)44-34(51)27(18-21-9-11-22(45)12-10-21)43-33(50)26-13-16-39-29(46)19-23(38)30(47)40-24(7-3-5-14-36)31(48)41-25(32(49)42-26)8-4-6-15-37/h9-12,20,23-28,45H,3-8,13-19,36-38H2,1-2H3,(H,39,46)(H,40,47)(H,41,48)(H,42,49)(H,43,50)(H,44,51)(H,52,53)/t23-,24-,25-,26-,27-,28-/m0/s1. The molecular formula is C35H57N9O9. The van der Waals surface area contributed by atoms with Crippen molar-refractivity contribution in [3.05, 3.63) is 29.8 Å².